The average Bonchev–Trinajstić information content (AvgIpc) is 2.08. The van der Waals surface area contributed by atoms with Gasteiger partial charge in [-0.15, -0.1) is 0 Å². The summed E-state index contributed by atoms with van der Waals surface area (Å²) >= 11 is 9.42. The van der Waals surface area contributed by atoms with Gasteiger partial charge < -0.3 is 0 Å². The van der Waals surface area contributed by atoms with Crippen LogP contribution in [-0.2, 0) is 0 Å². The molecule has 0 fully saturated rings. The molecule has 0 aromatic heterocycles. The third-order valence-corrected chi connectivity index (χ3v) is 6.15. The van der Waals surface area contributed by atoms with Crippen LogP contribution in [0, 0.1) is 18.8 Å². The molecule has 1 rings (SSSR count). The number of rotatable bonds is 0. The van der Waals surface area contributed by atoms with Gasteiger partial charge in [0, 0.05) is 0 Å². The molecule has 0 saturated carbocycles. The lowest BCUT2D eigenvalue weighted by atomic mass is 10.3. The summed E-state index contributed by atoms with van der Waals surface area (Å²) in [6.07, 6.45) is 0. The molecule has 0 N–H and O–H groups in total. The Kier molecular flexibility index (Phi) is 4.19. The fourth-order valence-corrected chi connectivity index (χ4v) is 3.08. The minimum atomic E-state index is -0.437. The molecule has 0 unspecified atom stereocenters. The fraction of sp³-hybridized carbons (Fsp3) is 0. The highest BCUT2D eigenvalue weighted by Gasteiger charge is 2.18. The number of benzene rings is 1. The molecule has 6 heteroatoms. The Morgan fingerprint density at radius 3 is 1.33 bits per heavy atom. The molecule has 0 nitrogen and oxygen atoms in total. The molecule has 0 spiro atoms. The summed E-state index contributed by atoms with van der Waals surface area (Å²) in [5.41, 5.74) is 0. The minimum Gasteiger partial charge on any atom is -0.204 e. The maximum absolute atomic E-state index is 13.2. The van der Waals surface area contributed by atoms with Crippen LogP contribution in [0.5, 0.6) is 0 Å². The highest BCUT2D eigenvalue weighted by Crippen LogP contribution is 2.34. The second-order valence-electron chi connectivity index (χ2n) is 1.88. The normalized spacial score (nSPS) is 10.5. The maximum atomic E-state index is 13.2. The van der Waals surface area contributed by atoms with Crippen LogP contribution in [0.15, 0.2) is 8.95 Å². The van der Waals surface area contributed by atoms with Crippen molar-refractivity contribution in [1.29, 1.82) is 0 Å². The van der Waals surface area contributed by atoms with Crippen molar-refractivity contribution in [3.63, 3.8) is 0 Å². The summed E-state index contributed by atoms with van der Waals surface area (Å²) in [6.45, 7) is 0. The predicted molar refractivity (Wildman–Crippen MR) is 67.2 cm³/mol. The van der Waals surface area contributed by atoms with E-state index in [4.69, 9.17) is 0 Å². The molecule has 0 aliphatic carbocycles. The van der Waals surface area contributed by atoms with Crippen LogP contribution < -0.4 is 0 Å². The van der Waals surface area contributed by atoms with Crippen LogP contribution in [0.25, 0.3) is 0 Å². The fourth-order valence-electron chi connectivity index (χ4n) is 0.578. The van der Waals surface area contributed by atoms with Crippen LogP contribution in [0.3, 0.4) is 0 Å². The van der Waals surface area contributed by atoms with Crippen molar-refractivity contribution in [3.05, 3.63) is 27.7 Å². The molecule has 0 aliphatic rings. The van der Waals surface area contributed by atoms with Gasteiger partial charge in [0.1, 0.15) is 0 Å². The van der Waals surface area contributed by atoms with Gasteiger partial charge in [-0.05, 0) is 77.0 Å². The molecule has 0 saturated heterocycles. The monoisotopic (exact) mass is 522 g/mol. The van der Waals surface area contributed by atoms with E-state index in [9.17, 15) is 8.78 Å². The van der Waals surface area contributed by atoms with Crippen molar-refractivity contribution in [2.45, 2.75) is 0 Å². The van der Waals surface area contributed by atoms with E-state index in [1.54, 1.807) is 45.2 Å². The zero-order valence-electron chi connectivity index (χ0n) is 5.27. The topological polar surface area (TPSA) is 0 Å². The Labute approximate surface area is 112 Å². The van der Waals surface area contributed by atoms with Crippen LogP contribution in [0.2, 0.25) is 0 Å². The van der Waals surface area contributed by atoms with E-state index in [1.165, 1.54) is 0 Å². The Morgan fingerprint density at radius 2 is 1.08 bits per heavy atom. The lowest BCUT2D eigenvalue weighted by molar-refractivity contribution is 0.575. The van der Waals surface area contributed by atoms with Crippen LogP contribution in [0.1, 0.15) is 0 Å². The molecule has 0 heterocycles. The summed E-state index contributed by atoms with van der Waals surface area (Å²) in [7, 11) is 0. The predicted octanol–water partition coefficient (Wildman–Crippen LogP) is 4.70. The van der Waals surface area contributed by atoms with Gasteiger partial charge >= 0.3 is 0 Å². The Bertz CT molecular complexity index is 236. The summed E-state index contributed by atoms with van der Waals surface area (Å²) in [5, 5.41) is 0. The van der Waals surface area contributed by atoms with Gasteiger partial charge in [-0.2, -0.15) is 0 Å². The van der Waals surface area contributed by atoms with Crippen molar-refractivity contribution in [3.8, 4) is 0 Å². The molecule has 12 heavy (non-hydrogen) atoms. The van der Waals surface area contributed by atoms with E-state index in [0.29, 0.717) is 0 Å². The van der Waals surface area contributed by atoms with Crippen LogP contribution >= 0.6 is 77.0 Å². The quantitative estimate of drug-likeness (QED) is 0.263. The first-order valence-corrected chi connectivity index (χ1v) is 6.38. The van der Waals surface area contributed by atoms with Crippen LogP contribution in [0.4, 0.5) is 8.78 Å². The molecule has 0 atom stereocenters. The zero-order chi connectivity index (χ0) is 9.46. The van der Waals surface area contributed by atoms with Gasteiger partial charge in [0.2, 0.25) is 0 Å². The van der Waals surface area contributed by atoms with Gasteiger partial charge in [0.15, 0.2) is 11.6 Å². The summed E-state index contributed by atoms with van der Waals surface area (Å²) in [4.78, 5) is 0. The van der Waals surface area contributed by atoms with Gasteiger partial charge in [0.25, 0.3) is 0 Å². The standard InChI is InChI=1S/C6Br2F2I2/c7-1-3(9)6(12)2(8)4(10)5(1)11. The van der Waals surface area contributed by atoms with Crippen LogP contribution in [-0.4, -0.2) is 0 Å². The summed E-state index contributed by atoms with van der Waals surface area (Å²) in [6, 6.07) is 0. The number of halogens is 6. The number of hydrogen-bond donors (Lipinski definition) is 0. The van der Waals surface area contributed by atoms with E-state index < -0.39 is 11.6 Å². The summed E-state index contributed by atoms with van der Waals surface area (Å²) < 4.78 is 27.2. The van der Waals surface area contributed by atoms with Gasteiger partial charge in [-0.3, -0.25) is 0 Å². The van der Waals surface area contributed by atoms with Gasteiger partial charge in [-0.25, -0.2) is 8.78 Å². The average molecular weight is 524 g/mol. The minimum absolute atomic E-state index is 0.174. The summed E-state index contributed by atoms with van der Waals surface area (Å²) in [5.74, 6) is -0.874. The number of hydrogen-bond acceptors (Lipinski definition) is 0. The maximum Gasteiger partial charge on any atom is 0.153 e. The molecule has 0 radical (unpaired) electrons. The molecule has 66 valence electrons. The molecular weight excluding hydrogens is 524 g/mol. The smallest absolute Gasteiger partial charge is 0.153 e. The van der Waals surface area contributed by atoms with Crippen molar-refractivity contribution in [1.82, 2.24) is 0 Å². The second-order valence-corrected chi connectivity index (χ2v) is 5.63. The third-order valence-electron chi connectivity index (χ3n) is 1.16. The Hall–Kier alpha value is 1.50. The van der Waals surface area contributed by atoms with E-state index in [-0.39, 0.29) is 16.1 Å². The van der Waals surface area contributed by atoms with Crippen molar-refractivity contribution in [2.75, 3.05) is 0 Å². The van der Waals surface area contributed by atoms with E-state index in [1.807, 2.05) is 0 Å². The van der Waals surface area contributed by atoms with Gasteiger partial charge in [-0.1, -0.05) is 0 Å². The van der Waals surface area contributed by atoms with E-state index >= 15 is 0 Å². The molecule has 0 amide bonds. The second kappa shape index (κ2) is 4.35. The Morgan fingerprint density at radius 1 is 0.833 bits per heavy atom. The first-order valence-electron chi connectivity index (χ1n) is 2.63. The first kappa shape index (κ1) is 11.6. The van der Waals surface area contributed by atoms with Gasteiger partial charge in [0.05, 0.1) is 16.1 Å². The molecular formula is C6Br2F2I2. The molecule has 1 aromatic rings. The molecule has 1 aromatic carbocycles. The zero-order valence-corrected chi connectivity index (χ0v) is 12.8. The van der Waals surface area contributed by atoms with Crippen molar-refractivity contribution < 1.29 is 8.78 Å². The lowest BCUT2D eigenvalue weighted by Gasteiger charge is -2.05. The van der Waals surface area contributed by atoms with E-state index in [2.05, 4.69) is 31.9 Å². The largest absolute Gasteiger partial charge is 0.204 e. The Balaban J connectivity index is 3.60. The molecule has 0 aliphatic heterocycles. The lowest BCUT2D eigenvalue weighted by Crippen LogP contribution is -1.95. The molecule has 0 bridgehead atoms. The third kappa shape index (κ3) is 1.95. The van der Waals surface area contributed by atoms with Crippen molar-refractivity contribution in [2.24, 2.45) is 0 Å². The SMILES string of the molecule is Fc1c(Br)c(I)c(F)c(Br)c1I. The van der Waals surface area contributed by atoms with Crippen molar-refractivity contribution >= 4 is 77.0 Å². The highest BCUT2D eigenvalue weighted by atomic mass is 127. The highest BCUT2D eigenvalue weighted by molar-refractivity contribution is 14.1. The van der Waals surface area contributed by atoms with E-state index in [0.717, 1.165) is 0 Å². The first-order chi connectivity index (χ1) is 5.46.